The number of aromatic amines is 1. The number of carbonyl (C=O) groups is 1. The van der Waals surface area contributed by atoms with Crippen LogP contribution in [0.5, 0.6) is 0 Å². The van der Waals surface area contributed by atoms with Gasteiger partial charge >= 0.3 is 0 Å². The van der Waals surface area contributed by atoms with Gasteiger partial charge in [-0.2, -0.15) is 0 Å². The fraction of sp³-hybridized carbons (Fsp3) is 0. The van der Waals surface area contributed by atoms with E-state index in [9.17, 15) is 14.0 Å². The first-order valence-electron chi connectivity index (χ1n) is 5.02. The van der Waals surface area contributed by atoms with Crippen LogP contribution in [0, 0.1) is 5.82 Å². The van der Waals surface area contributed by atoms with Crippen LogP contribution in [0.1, 0.15) is 10.4 Å². The molecule has 92 valence electrons. The molecule has 0 fully saturated rings. The summed E-state index contributed by atoms with van der Waals surface area (Å²) in [5, 5.41) is 2.46. The number of hydrogen-bond acceptors (Lipinski definition) is 2. The number of aromatic nitrogens is 1. The Balaban J connectivity index is 2.25. The average molecular weight is 267 g/mol. The summed E-state index contributed by atoms with van der Waals surface area (Å²) in [6.45, 7) is 0. The Kier molecular flexibility index (Phi) is 3.43. The third-order valence-corrected chi connectivity index (χ3v) is 2.51. The number of benzene rings is 1. The van der Waals surface area contributed by atoms with E-state index in [0.717, 1.165) is 12.1 Å². The van der Waals surface area contributed by atoms with E-state index < -0.39 is 11.7 Å². The summed E-state index contributed by atoms with van der Waals surface area (Å²) < 4.78 is 12.8. The maximum Gasteiger partial charge on any atom is 0.258 e. The van der Waals surface area contributed by atoms with Crippen LogP contribution >= 0.6 is 11.6 Å². The minimum absolute atomic E-state index is 0.00535. The van der Waals surface area contributed by atoms with Gasteiger partial charge in [0.05, 0.1) is 10.6 Å². The number of halogens is 2. The molecule has 1 aromatic heterocycles. The second-order valence-corrected chi connectivity index (χ2v) is 3.91. The molecule has 0 spiro atoms. The molecule has 18 heavy (non-hydrogen) atoms. The van der Waals surface area contributed by atoms with Gasteiger partial charge in [0.15, 0.2) is 0 Å². The molecule has 0 aliphatic heterocycles. The maximum absolute atomic E-state index is 12.8. The summed E-state index contributed by atoms with van der Waals surface area (Å²) >= 11 is 5.75. The van der Waals surface area contributed by atoms with Crippen molar-refractivity contribution in [3.8, 4) is 0 Å². The van der Waals surface area contributed by atoms with Gasteiger partial charge in [0.25, 0.3) is 5.91 Å². The van der Waals surface area contributed by atoms with Crippen molar-refractivity contribution in [2.24, 2.45) is 0 Å². The molecule has 1 aromatic carbocycles. The van der Waals surface area contributed by atoms with Gasteiger partial charge in [0.2, 0.25) is 5.56 Å². The van der Waals surface area contributed by atoms with Crippen LogP contribution in [0.2, 0.25) is 5.02 Å². The number of amides is 1. The number of rotatable bonds is 2. The van der Waals surface area contributed by atoms with E-state index in [1.54, 1.807) is 0 Å². The zero-order valence-electron chi connectivity index (χ0n) is 9.04. The number of anilines is 1. The second-order valence-electron chi connectivity index (χ2n) is 3.51. The molecule has 2 rings (SSSR count). The van der Waals surface area contributed by atoms with Gasteiger partial charge in [-0.3, -0.25) is 9.59 Å². The normalized spacial score (nSPS) is 10.1. The van der Waals surface area contributed by atoms with E-state index in [1.807, 2.05) is 0 Å². The van der Waals surface area contributed by atoms with Crippen molar-refractivity contribution in [3.63, 3.8) is 0 Å². The number of nitrogens with one attached hydrogen (secondary N) is 2. The van der Waals surface area contributed by atoms with Gasteiger partial charge in [-0.1, -0.05) is 17.7 Å². The van der Waals surface area contributed by atoms with Gasteiger partial charge < -0.3 is 10.3 Å². The Hall–Kier alpha value is -2.14. The fourth-order valence-corrected chi connectivity index (χ4v) is 1.64. The molecule has 0 saturated heterocycles. The minimum Gasteiger partial charge on any atom is -0.309 e. The van der Waals surface area contributed by atoms with E-state index in [2.05, 4.69) is 10.3 Å². The van der Waals surface area contributed by atoms with E-state index in [4.69, 9.17) is 11.6 Å². The molecule has 0 aliphatic carbocycles. The van der Waals surface area contributed by atoms with Crippen molar-refractivity contribution < 1.29 is 9.18 Å². The van der Waals surface area contributed by atoms with Crippen molar-refractivity contribution in [1.29, 1.82) is 0 Å². The molecule has 0 atom stereocenters. The second kappa shape index (κ2) is 5.01. The largest absolute Gasteiger partial charge is 0.309 e. The zero-order valence-corrected chi connectivity index (χ0v) is 9.79. The van der Waals surface area contributed by atoms with E-state index in [1.165, 1.54) is 24.3 Å². The van der Waals surface area contributed by atoms with E-state index >= 15 is 0 Å². The average Bonchev–Trinajstić information content (AvgIpc) is 2.28. The molecule has 6 heteroatoms. The summed E-state index contributed by atoms with van der Waals surface area (Å²) in [7, 11) is 0. The van der Waals surface area contributed by atoms with Crippen LogP contribution in [0.25, 0.3) is 0 Å². The molecule has 1 amide bonds. The molecule has 0 saturated carbocycles. The van der Waals surface area contributed by atoms with Crippen molar-refractivity contribution in [1.82, 2.24) is 4.98 Å². The molecule has 2 N–H and O–H groups in total. The number of carbonyl (C=O) groups excluding carboxylic acids is 1. The predicted octanol–water partition coefficient (Wildman–Crippen LogP) is 2.42. The first-order chi connectivity index (χ1) is 8.56. The SMILES string of the molecule is O=C(Nc1cccc(=O)[nH]1)c1ccc(F)cc1Cl. The zero-order chi connectivity index (χ0) is 13.1. The summed E-state index contributed by atoms with van der Waals surface area (Å²) in [5.74, 6) is -0.806. The third-order valence-electron chi connectivity index (χ3n) is 2.19. The van der Waals surface area contributed by atoms with Gasteiger partial charge in [0, 0.05) is 6.07 Å². The van der Waals surface area contributed by atoms with Crippen LogP contribution in [-0.2, 0) is 0 Å². The summed E-state index contributed by atoms with van der Waals surface area (Å²) in [6, 6.07) is 7.80. The Labute approximate surface area is 106 Å². The van der Waals surface area contributed by atoms with Crippen LogP contribution in [0.15, 0.2) is 41.2 Å². The highest BCUT2D eigenvalue weighted by molar-refractivity contribution is 6.34. The molecular formula is C12H8ClFN2O2. The first kappa shape index (κ1) is 12.3. The molecule has 0 radical (unpaired) electrons. The Morgan fingerprint density at radius 1 is 1.28 bits per heavy atom. The Morgan fingerprint density at radius 3 is 2.72 bits per heavy atom. The van der Waals surface area contributed by atoms with Crippen molar-refractivity contribution in [3.05, 3.63) is 63.2 Å². The quantitative estimate of drug-likeness (QED) is 0.877. The monoisotopic (exact) mass is 266 g/mol. The summed E-state index contributed by atoms with van der Waals surface area (Å²) in [6.07, 6.45) is 0. The lowest BCUT2D eigenvalue weighted by molar-refractivity contribution is 0.102. The van der Waals surface area contributed by atoms with E-state index in [0.29, 0.717) is 0 Å². The first-order valence-corrected chi connectivity index (χ1v) is 5.40. The van der Waals surface area contributed by atoms with Crippen LogP contribution in [-0.4, -0.2) is 10.9 Å². The lowest BCUT2D eigenvalue weighted by Gasteiger charge is -2.06. The molecule has 0 unspecified atom stereocenters. The molecule has 1 heterocycles. The summed E-state index contributed by atoms with van der Waals surface area (Å²) in [5.41, 5.74) is -0.208. The topological polar surface area (TPSA) is 62.0 Å². The lowest BCUT2D eigenvalue weighted by atomic mass is 10.2. The fourth-order valence-electron chi connectivity index (χ4n) is 1.38. The highest BCUT2D eigenvalue weighted by atomic mass is 35.5. The third kappa shape index (κ3) is 2.75. The van der Waals surface area contributed by atoms with Gasteiger partial charge in [-0.25, -0.2) is 4.39 Å². The molecule has 2 aromatic rings. The standard InChI is InChI=1S/C12H8ClFN2O2/c13-9-6-7(14)4-5-8(9)12(18)16-10-2-1-3-11(17)15-10/h1-6H,(H2,15,16,17,18). The minimum atomic E-state index is -0.526. The predicted molar refractivity (Wildman–Crippen MR) is 66.4 cm³/mol. The smallest absolute Gasteiger partial charge is 0.258 e. The Bertz CT molecular complexity index is 655. The molecule has 4 nitrogen and oxygen atoms in total. The van der Waals surface area contributed by atoms with E-state index in [-0.39, 0.29) is 22.0 Å². The number of H-pyrrole nitrogens is 1. The molecule has 0 aliphatic rings. The summed E-state index contributed by atoms with van der Waals surface area (Å²) in [4.78, 5) is 25.3. The lowest BCUT2D eigenvalue weighted by Crippen LogP contribution is -2.16. The Morgan fingerprint density at radius 2 is 2.06 bits per heavy atom. The maximum atomic E-state index is 12.8. The van der Waals surface area contributed by atoms with Crippen LogP contribution in [0.3, 0.4) is 0 Å². The highest BCUT2D eigenvalue weighted by Crippen LogP contribution is 2.18. The van der Waals surface area contributed by atoms with Crippen LogP contribution in [0.4, 0.5) is 10.2 Å². The van der Waals surface area contributed by atoms with Crippen molar-refractivity contribution in [2.75, 3.05) is 5.32 Å². The van der Waals surface area contributed by atoms with Crippen molar-refractivity contribution in [2.45, 2.75) is 0 Å². The van der Waals surface area contributed by atoms with Gasteiger partial charge in [-0.05, 0) is 24.3 Å². The van der Waals surface area contributed by atoms with Crippen LogP contribution < -0.4 is 10.9 Å². The highest BCUT2D eigenvalue weighted by Gasteiger charge is 2.11. The van der Waals surface area contributed by atoms with Gasteiger partial charge in [0.1, 0.15) is 11.6 Å². The molecule has 0 bridgehead atoms. The number of pyridine rings is 1. The number of hydrogen-bond donors (Lipinski definition) is 2. The molecular weight excluding hydrogens is 259 g/mol. The van der Waals surface area contributed by atoms with Crippen molar-refractivity contribution >= 4 is 23.3 Å². The van der Waals surface area contributed by atoms with Gasteiger partial charge in [-0.15, -0.1) is 0 Å².